The molecule has 1 aromatic carbocycles. The van der Waals surface area contributed by atoms with E-state index in [1.807, 2.05) is 26.0 Å². The summed E-state index contributed by atoms with van der Waals surface area (Å²) in [7, 11) is 0. The first-order valence-electron chi connectivity index (χ1n) is 7.44. The van der Waals surface area contributed by atoms with Crippen LogP contribution in [0.5, 0.6) is 11.5 Å². The summed E-state index contributed by atoms with van der Waals surface area (Å²) in [5, 5.41) is 0. The molecule has 0 spiro atoms. The Kier molecular flexibility index (Phi) is 5.68. The lowest BCUT2D eigenvalue weighted by molar-refractivity contribution is 0.0243. The van der Waals surface area contributed by atoms with E-state index in [1.54, 1.807) is 0 Å². The Hall–Kier alpha value is -1.26. The molecule has 112 valence electrons. The molecule has 0 aromatic heterocycles. The number of nitrogens with two attached hydrogens (primary N) is 1. The van der Waals surface area contributed by atoms with E-state index in [9.17, 15) is 0 Å². The molecule has 0 bridgehead atoms. The van der Waals surface area contributed by atoms with Crippen LogP contribution < -0.4 is 15.2 Å². The summed E-state index contributed by atoms with van der Waals surface area (Å²) < 4.78 is 17.1. The molecule has 1 aromatic rings. The summed E-state index contributed by atoms with van der Waals surface area (Å²) >= 11 is 0. The van der Waals surface area contributed by atoms with Gasteiger partial charge in [-0.2, -0.15) is 0 Å². The summed E-state index contributed by atoms with van der Waals surface area (Å²) in [4.78, 5) is 0. The van der Waals surface area contributed by atoms with Crippen molar-refractivity contribution in [3.63, 3.8) is 0 Å². The van der Waals surface area contributed by atoms with Crippen LogP contribution in [0.2, 0.25) is 0 Å². The van der Waals surface area contributed by atoms with Crippen LogP contribution in [0.3, 0.4) is 0 Å². The molecule has 1 aliphatic rings. The van der Waals surface area contributed by atoms with Gasteiger partial charge in [-0.3, -0.25) is 0 Å². The van der Waals surface area contributed by atoms with Crippen molar-refractivity contribution in [2.24, 2.45) is 5.73 Å². The van der Waals surface area contributed by atoms with Crippen molar-refractivity contribution in [2.45, 2.75) is 45.3 Å². The van der Waals surface area contributed by atoms with E-state index >= 15 is 0 Å². The minimum Gasteiger partial charge on any atom is -0.490 e. The van der Waals surface area contributed by atoms with Crippen LogP contribution in [-0.4, -0.2) is 32.0 Å². The zero-order chi connectivity index (χ0) is 14.4. The molecule has 0 radical (unpaired) electrons. The van der Waals surface area contributed by atoms with Gasteiger partial charge in [0.25, 0.3) is 0 Å². The average Bonchev–Trinajstić information content (AvgIpc) is 2.42. The number of benzene rings is 1. The Morgan fingerprint density at radius 1 is 1.30 bits per heavy atom. The Bertz CT molecular complexity index is 414. The Labute approximate surface area is 121 Å². The van der Waals surface area contributed by atoms with Crippen molar-refractivity contribution in [2.75, 3.05) is 19.8 Å². The molecule has 1 fully saturated rings. The van der Waals surface area contributed by atoms with E-state index in [2.05, 4.69) is 6.07 Å². The molecule has 0 saturated carbocycles. The summed E-state index contributed by atoms with van der Waals surface area (Å²) in [6, 6.07) is 6.26. The van der Waals surface area contributed by atoms with Crippen LogP contribution in [0, 0.1) is 0 Å². The van der Waals surface area contributed by atoms with Crippen LogP contribution in [0.25, 0.3) is 0 Å². The highest BCUT2D eigenvalue weighted by atomic mass is 16.5. The van der Waals surface area contributed by atoms with E-state index < -0.39 is 0 Å². The van der Waals surface area contributed by atoms with Crippen LogP contribution >= 0.6 is 0 Å². The van der Waals surface area contributed by atoms with Crippen molar-refractivity contribution in [3.05, 3.63) is 23.8 Å². The van der Waals surface area contributed by atoms with Crippen LogP contribution in [-0.2, 0) is 11.2 Å². The Morgan fingerprint density at radius 3 is 2.70 bits per heavy atom. The molecule has 1 aliphatic heterocycles. The highest BCUT2D eigenvalue weighted by Crippen LogP contribution is 2.31. The van der Waals surface area contributed by atoms with Crippen molar-refractivity contribution in [1.82, 2.24) is 0 Å². The highest BCUT2D eigenvalue weighted by molar-refractivity contribution is 5.43. The summed E-state index contributed by atoms with van der Waals surface area (Å²) in [6.45, 7) is 6.17. The minimum atomic E-state index is 0.145. The Balaban J connectivity index is 2.09. The van der Waals surface area contributed by atoms with Gasteiger partial charge in [-0.25, -0.2) is 0 Å². The van der Waals surface area contributed by atoms with Gasteiger partial charge in [-0.15, -0.1) is 0 Å². The van der Waals surface area contributed by atoms with Gasteiger partial charge in [-0.05, 0) is 38.0 Å². The SMILES string of the molecule is CCOc1cc(CC(C)N)ccc1OC1CCOCC1. The van der Waals surface area contributed by atoms with Gasteiger partial charge in [0, 0.05) is 18.9 Å². The third kappa shape index (κ3) is 4.39. The first-order chi connectivity index (χ1) is 9.69. The van der Waals surface area contributed by atoms with Crippen LogP contribution in [0.1, 0.15) is 32.3 Å². The standard InChI is InChI=1S/C16H25NO3/c1-3-19-16-11-13(10-12(2)17)4-5-15(16)20-14-6-8-18-9-7-14/h4-5,11-12,14H,3,6-10,17H2,1-2H3. The fraction of sp³-hybridized carbons (Fsp3) is 0.625. The van der Waals surface area contributed by atoms with Gasteiger partial charge < -0.3 is 19.9 Å². The lowest BCUT2D eigenvalue weighted by atomic mass is 10.1. The van der Waals surface area contributed by atoms with Crippen LogP contribution in [0.15, 0.2) is 18.2 Å². The van der Waals surface area contributed by atoms with Crippen molar-refractivity contribution in [3.8, 4) is 11.5 Å². The molecule has 2 rings (SSSR count). The molecule has 20 heavy (non-hydrogen) atoms. The maximum atomic E-state index is 6.06. The van der Waals surface area contributed by atoms with Crippen molar-refractivity contribution < 1.29 is 14.2 Å². The van der Waals surface area contributed by atoms with E-state index in [1.165, 1.54) is 5.56 Å². The second-order valence-electron chi connectivity index (χ2n) is 5.33. The zero-order valence-corrected chi connectivity index (χ0v) is 12.4. The fourth-order valence-electron chi connectivity index (χ4n) is 2.39. The predicted octanol–water partition coefficient (Wildman–Crippen LogP) is 2.53. The first-order valence-corrected chi connectivity index (χ1v) is 7.44. The number of ether oxygens (including phenoxy) is 3. The van der Waals surface area contributed by atoms with Gasteiger partial charge in [0.2, 0.25) is 0 Å². The smallest absolute Gasteiger partial charge is 0.161 e. The van der Waals surface area contributed by atoms with Gasteiger partial charge >= 0.3 is 0 Å². The van der Waals surface area contributed by atoms with E-state index in [-0.39, 0.29) is 12.1 Å². The monoisotopic (exact) mass is 279 g/mol. The van der Waals surface area contributed by atoms with Gasteiger partial charge in [0.15, 0.2) is 11.5 Å². The minimum absolute atomic E-state index is 0.145. The van der Waals surface area contributed by atoms with Gasteiger partial charge in [-0.1, -0.05) is 6.07 Å². The highest BCUT2D eigenvalue weighted by Gasteiger charge is 2.17. The zero-order valence-electron chi connectivity index (χ0n) is 12.4. The molecule has 2 N–H and O–H groups in total. The second-order valence-corrected chi connectivity index (χ2v) is 5.33. The molecule has 1 unspecified atom stereocenters. The number of rotatable bonds is 6. The normalized spacial score (nSPS) is 17.8. The second kappa shape index (κ2) is 7.50. The quantitative estimate of drug-likeness (QED) is 0.869. The van der Waals surface area contributed by atoms with Crippen LogP contribution in [0.4, 0.5) is 0 Å². The summed E-state index contributed by atoms with van der Waals surface area (Å²) in [5.74, 6) is 1.64. The van der Waals surface area contributed by atoms with E-state index in [0.717, 1.165) is 44.0 Å². The molecule has 1 heterocycles. The maximum absolute atomic E-state index is 6.06. The molecule has 4 nitrogen and oxygen atoms in total. The average molecular weight is 279 g/mol. The predicted molar refractivity (Wildman–Crippen MR) is 79.4 cm³/mol. The fourth-order valence-corrected chi connectivity index (χ4v) is 2.39. The largest absolute Gasteiger partial charge is 0.490 e. The summed E-state index contributed by atoms with van der Waals surface area (Å²) in [6.07, 6.45) is 2.94. The Morgan fingerprint density at radius 2 is 2.05 bits per heavy atom. The third-order valence-electron chi connectivity index (χ3n) is 3.33. The van der Waals surface area contributed by atoms with Gasteiger partial charge in [0.05, 0.1) is 19.8 Å². The number of hydrogen-bond acceptors (Lipinski definition) is 4. The van der Waals surface area contributed by atoms with E-state index in [0.29, 0.717) is 6.61 Å². The van der Waals surface area contributed by atoms with Crippen molar-refractivity contribution in [1.29, 1.82) is 0 Å². The summed E-state index contributed by atoms with van der Waals surface area (Å²) in [5.41, 5.74) is 7.03. The molecule has 0 aliphatic carbocycles. The molecule has 1 saturated heterocycles. The topological polar surface area (TPSA) is 53.7 Å². The lowest BCUT2D eigenvalue weighted by Crippen LogP contribution is -2.26. The van der Waals surface area contributed by atoms with E-state index in [4.69, 9.17) is 19.9 Å². The lowest BCUT2D eigenvalue weighted by Gasteiger charge is -2.24. The molecule has 4 heteroatoms. The number of hydrogen-bond donors (Lipinski definition) is 1. The molecular formula is C16H25NO3. The first kappa shape index (κ1) is 15.1. The molecular weight excluding hydrogens is 254 g/mol. The maximum Gasteiger partial charge on any atom is 0.161 e. The third-order valence-corrected chi connectivity index (χ3v) is 3.33. The van der Waals surface area contributed by atoms with Crippen molar-refractivity contribution >= 4 is 0 Å². The molecule has 0 amide bonds. The van der Waals surface area contributed by atoms with Gasteiger partial charge in [0.1, 0.15) is 6.10 Å². The molecule has 1 atom stereocenters.